The van der Waals surface area contributed by atoms with Gasteiger partial charge in [0.15, 0.2) is 0 Å². The van der Waals surface area contributed by atoms with Crippen molar-refractivity contribution in [1.82, 2.24) is 19.6 Å². The van der Waals surface area contributed by atoms with Crippen molar-refractivity contribution in [2.45, 2.75) is 64.1 Å². The Kier molecular flexibility index (Phi) is 9.34. The van der Waals surface area contributed by atoms with Gasteiger partial charge in [-0.3, -0.25) is 9.69 Å². The Morgan fingerprint density at radius 1 is 0.907 bits per heavy atom. The third kappa shape index (κ3) is 7.25. The second-order valence-corrected chi connectivity index (χ2v) is 11.3. The van der Waals surface area contributed by atoms with Crippen molar-refractivity contribution >= 4 is 11.9 Å². The molecule has 3 atom stereocenters. The van der Waals surface area contributed by atoms with Gasteiger partial charge in [0, 0.05) is 52.7 Å². The van der Waals surface area contributed by atoms with E-state index < -0.39 is 47.4 Å². The first-order valence-corrected chi connectivity index (χ1v) is 14.1. The van der Waals surface area contributed by atoms with Crippen LogP contribution in [0.4, 0.5) is 35.5 Å². The summed E-state index contributed by atoms with van der Waals surface area (Å²) in [5.74, 6) is -0.442. The molecular formula is C30H35F7N4O2. The first-order chi connectivity index (χ1) is 20.0. The normalized spacial score (nSPS) is 21.1. The van der Waals surface area contributed by atoms with Gasteiger partial charge in [-0.1, -0.05) is 6.07 Å². The minimum Gasteiger partial charge on any atom is -0.340 e. The summed E-state index contributed by atoms with van der Waals surface area (Å²) in [5.41, 5.74) is -1.87. The summed E-state index contributed by atoms with van der Waals surface area (Å²) in [6.45, 7) is 7.36. The van der Waals surface area contributed by atoms with Gasteiger partial charge >= 0.3 is 18.4 Å². The molecule has 4 rings (SSSR count). The lowest BCUT2D eigenvalue weighted by molar-refractivity contribution is -0.143. The van der Waals surface area contributed by atoms with Crippen LogP contribution in [0.25, 0.3) is 0 Å². The molecule has 0 N–H and O–H groups in total. The summed E-state index contributed by atoms with van der Waals surface area (Å²) in [5, 5.41) is 0. The number of nitrogens with zero attached hydrogens (tertiary/aromatic N) is 4. The molecule has 0 spiro atoms. The van der Waals surface area contributed by atoms with Crippen LogP contribution in [-0.2, 0) is 17.1 Å². The molecule has 3 amide bonds. The Balaban J connectivity index is 1.62. The Bertz CT molecular complexity index is 1310. The molecule has 2 aliphatic rings. The van der Waals surface area contributed by atoms with Crippen molar-refractivity contribution in [1.29, 1.82) is 0 Å². The van der Waals surface area contributed by atoms with E-state index in [-0.39, 0.29) is 30.1 Å². The number of carbonyl (C=O) groups is 2. The van der Waals surface area contributed by atoms with Crippen molar-refractivity contribution in [3.8, 4) is 0 Å². The molecule has 2 aliphatic heterocycles. The van der Waals surface area contributed by atoms with Gasteiger partial charge in [0.25, 0.3) is 0 Å². The number of hydrogen-bond donors (Lipinski definition) is 0. The third-order valence-corrected chi connectivity index (χ3v) is 8.66. The maximum absolute atomic E-state index is 14.0. The second kappa shape index (κ2) is 12.3. The molecule has 0 saturated carbocycles. The van der Waals surface area contributed by atoms with E-state index in [2.05, 4.69) is 4.90 Å². The smallest absolute Gasteiger partial charge is 0.340 e. The second-order valence-electron chi connectivity index (χ2n) is 11.3. The summed E-state index contributed by atoms with van der Waals surface area (Å²) in [4.78, 5) is 32.4. The zero-order chi connectivity index (χ0) is 31.9. The summed E-state index contributed by atoms with van der Waals surface area (Å²) < 4.78 is 95.0. The highest BCUT2D eigenvalue weighted by atomic mass is 19.4. The first kappa shape index (κ1) is 32.6. The molecule has 6 nitrogen and oxygen atoms in total. The summed E-state index contributed by atoms with van der Waals surface area (Å²) in [6.07, 6.45) is -8.96. The SMILES string of the molecule is CC(=O)N1CCN([C@H]2CCN(C(=O)N(C)[C@H](C)c3cc(C(F)(F)F)cc(C(F)(F)F)c3)C(c3ccc(F)cc3C)C2)CC1. The highest BCUT2D eigenvalue weighted by Crippen LogP contribution is 2.40. The molecule has 13 heteroatoms. The average molecular weight is 617 g/mol. The van der Waals surface area contributed by atoms with Crippen LogP contribution in [0.2, 0.25) is 0 Å². The molecule has 0 bridgehead atoms. The molecule has 236 valence electrons. The van der Waals surface area contributed by atoms with Gasteiger partial charge in [-0.2, -0.15) is 26.3 Å². The first-order valence-electron chi connectivity index (χ1n) is 14.1. The number of piperazine rings is 1. The lowest BCUT2D eigenvalue weighted by Gasteiger charge is -2.47. The van der Waals surface area contributed by atoms with Gasteiger partial charge in [0.1, 0.15) is 5.82 Å². The number of rotatable bonds is 4. The number of likely N-dealkylation sites (tertiary alicyclic amines) is 1. The number of benzene rings is 2. The van der Waals surface area contributed by atoms with Crippen LogP contribution in [0.5, 0.6) is 0 Å². The third-order valence-electron chi connectivity index (χ3n) is 8.66. The van der Waals surface area contributed by atoms with Crippen molar-refractivity contribution in [3.05, 3.63) is 70.0 Å². The van der Waals surface area contributed by atoms with Crippen LogP contribution in [0, 0.1) is 12.7 Å². The summed E-state index contributed by atoms with van der Waals surface area (Å²) in [6, 6.07) is 3.46. The lowest BCUT2D eigenvalue weighted by Crippen LogP contribution is -2.56. The van der Waals surface area contributed by atoms with E-state index in [0.717, 1.165) is 4.90 Å². The van der Waals surface area contributed by atoms with E-state index in [9.17, 15) is 40.3 Å². The van der Waals surface area contributed by atoms with E-state index in [1.165, 1.54) is 33.0 Å². The van der Waals surface area contributed by atoms with Gasteiger partial charge < -0.3 is 14.7 Å². The lowest BCUT2D eigenvalue weighted by atomic mass is 9.88. The van der Waals surface area contributed by atoms with Crippen LogP contribution in [0.15, 0.2) is 36.4 Å². The predicted octanol–water partition coefficient (Wildman–Crippen LogP) is 6.65. The highest BCUT2D eigenvalue weighted by molar-refractivity contribution is 5.76. The summed E-state index contributed by atoms with van der Waals surface area (Å²) in [7, 11) is 1.35. The molecule has 2 fully saturated rings. The maximum atomic E-state index is 14.0. The number of carbonyl (C=O) groups excluding carboxylic acids is 2. The molecule has 2 heterocycles. The van der Waals surface area contributed by atoms with Gasteiger partial charge in [-0.15, -0.1) is 0 Å². The highest BCUT2D eigenvalue weighted by Gasteiger charge is 2.40. The number of halogens is 7. The van der Waals surface area contributed by atoms with Crippen molar-refractivity contribution < 1.29 is 40.3 Å². The zero-order valence-electron chi connectivity index (χ0n) is 24.4. The summed E-state index contributed by atoms with van der Waals surface area (Å²) >= 11 is 0. The zero-order valence-corrected chi connectivity index (χ0v) is 24.4. The van der Waals surface area contributed by atoms with E-state index in [4.69, 9.17) is 0 Å². The average Bonchev–Trinajstić information content (AvgIpc) is 2.94. The van der Waals surface area contributed by atoms with E-state index in [0.29, 0.717) is 62.3 Å². The van der Waals surface area contributed by atoms with Gasteiger partial charge in [0.05, 0.1) is 23.2 Å². The van der Waals surface area contributed by atoms with Crippen LogP contribution < -0.4 is 0 Å². The number of amides is 3. The number of alkyl halides is 6. The van der Waals surface area contributed by atoms with Gasteiger partial charge in [0.2, 0.25) is 5.91 Å². The molecular weight excluding hydrogens is 581 g/mol. The Labute approximate surface area is 246 Å². The minimum atomic E-state index is -5.01. The van der Waals surface area contributed by atoms with Crippen molar-refractivity contribution in [3.63, 3.8) is 0 Å². The van der Waals surface area contributed by atoms with E-state index in [1.54, 1.807) is 22.8 Å². The van der Waals surface area contributed by atoms with Crippen LogP contribution >= 0.6 is 0 Å². The largest absolute Gasteiger partial charge is 0.416 e. The molecule has 0 aliphatic carbocycles. The minimum absolute atomic E-state index is 0.000149. The van der Waals surface area contributed by atoms with Crippen LogP contribution in [0.1, 0.15) is 66.6 Å². The van der Waals surface area contributed by atoms with Gasteiger partial charge in [-0.25, -0.2) is 9.18 Å². The molecule has 2 aromatic carbocycles. The van der Waals surface area contributed by atoms with Crippen LogP contribution in [0.3, 0.4) is 0 Å². The number of hydrogen-bond acceptors (Lipinski definition) is 3. The Hall–Kier alpha value is -3.35. The molecule has 2 aromatic rings. The van der Waals surface area contributed by atoms with Crippen molar-refractivity contribution in [2.75, 3.05) is 39.8 Å². The monoisotopic (exact) mass is 616 g/mol. The molecule has 0 aromatic heterocycles. The topological polar surface area (TPSA) is 47.1 Å². The van der Waals surface area contributed by atoms with Crippen molar-refractivity contribution in [2.24, 2.45) is 0 Å². The Morgan fingerprint density at radius 2 is 1.49 bits per heavy atom. The van der Waals surface area contributed by atoms with E-state index in [1.807, 2.05) is 0 Å². The number of aryl methyl sites for hydroxylation is 1. The Morgan fingerprint density at radius 3 is 2.00 bits per heavy atom. The van der Waals surface area contributed by atoms with Gasteiger partial charge in [-0.05, 0) is 73.7 Å². The molecule has 0 radical (unpaired) electrons. The molecule has 2 saturated heterocycles. The van der Waals surface area contributed by atoms with Crippen LogP contribution in [-0.4, -0.2) is 77.4 Å². The fourth-order valence-electron chi connectivity index (χ4n) is 6.03. The molecule has 1 unspecified atom stereocenters. The molecule has 43 heavy (non-hydrogen) atoms. The van der Waals surface area contributed by atoms with E-state index >= 15 is 0 Å². The number of urea groups is 1. The standard InChI is InChI=1S/C30H35F7N4O2/c1-18-13-24(31)5-6-26(18)27-17-25(40-11-9-39(10-12-40)20(3)42)7-8-41(27)28(43)38(4)19(2)21-14-22(29(32,33)34)16-23(15-21)30(35,36)37/h5-6,13-16,19,25,27H,7-12,17H2,1-4H3/t19-,25+,27?/m1/s1. The predicted molar refractivity (Wildman–Crippen MR) is 145 cm³/mol. The maximum Gasteiger partial charge on any atom is 0.416 e. The quantitative estimate of drug-likeness (QED) is 0.362. The number of piperidine rings is 1. The fraction of sp³-hybridized carbons (Fsp3) is 0.533. The fourth-order valence-corrected chi connectivity index (χ4v) is 6.03.